The van der Waals surface area contributed by atoms with Crippen LogP contribution in [0.5, 0.6) is 0 Å². The van der Waals surface area contributed by atoms with Crippen LogP contribution in [0.25, 0.3) is 55.5 Å². The molecule has 0 fully saturated rings. The van der Waals surface area contributed by atoms with Gasteiger partial charge in [-0.2, -0.15) is 0 Å². The molecule has 268 valence electrons. The smallest absolute Gasteiger partial charge is 0.110 e. The molecule has 6 aliphatic rings. The third-order valence-corrected chi connectivity index (χ3v) is 13.2. The molecule has 1 aromatic heterocycles. The molecule has 12 rings (SSSR count). The second kappa shape index (κ2) is 11.8. The SMILES string of the molecule is CC1(C)C2=CC(C3=NC(c4cc(-n5c6c(c7cc8ccccc8cc75)CC5C=CC=CC5=C6)c5ccccc5c4)=C4C=CC=CC4N3)CC=C2c2ccccc21. The van der Waals surface area contributed by atoms with E-state index in [4.69, 9.17) is 4.99 Å². The van der Waals surface area contributed by atoms with Crippen molar-refractivity contribution in [3.63, 3.8) is 0 Å². The van der Waals surface area contributed by atoms with E-state index in [1.165, 1.54) is 82.8 Å². The number of nitrogens with zero attached hydrogens (tertiary/aromatic N) is 2. The Kier molecular flexibility index (Phi) is 6.70. The van der Waals surface area contributed by atoms with Gasteiger partial charge in [-0.15, -0.1) is 0 Å². The Morgan fingerprint density at radius 2 is 1.54 bits per heavy atom. The zero-order chi connectivity index (χ0) is 37.1. The van der Waals surface area contributed by atoms with Crippen molar-refractivity contribution < 1.29 is 0 Å². The first-order valence-electron chi connectivity index (χ1n) is 20.1. The van der Waals surface area contributed by atoms with Crippen molar-refractivity contribution in [2.45, 2.75) is 38.1 Å². The highest BCUT2D eigenvalue weighted by atomic mass is 15.1. The molecule has 3 heteroatoms. The van der Waals surface area contributed by atoms with E-state index in [1.54, 1.807) is 0 Å². The zero-order valence-electron chi connectivity index (χ0n) is 31.6. The number of benzene rings is 5. The third-order valence-electron chi connectivity index (χ3n) is 13.2. The lowest BCUT2D eigenvalue weighted by molar-refractivity contribution is 0.644. The summed E-state index contributed by atoms with van der Waals surface area (Å²) >= 11 is 0. The van der Waals surface area contributed by atoms with E-state index in [0.29, 0.717) is 5.92 Å². The number of aliphatic imine (C=N–C) groups is 1. The molecule has 0 spiro atoms. The Bertz CT molecular complexity index is 3030. The first-order valence-corrected chi connectivity index (χ1v) is 20.1. The Morgan fingerprint density at radius 1 is 0.750 bits per heavy atom. The molecule has 0 saturated carbocycles. The fraction of sp³-hybridized carbons (Fsp3) is 0.151. The monoisotopic (exact) mass is 719 g/mol. The molecule has 3 unspecified atom stereocenters. The first kappa shape index (κ1) is 31.9. The van der Waals surface area contributed by atoms with E-state index in [0.717, 1.165) is 29.9 Å². The van der Waals surface area contributed by atoms with Crippen molar-refractivity contribution in [2.24, 2.45) is 16.8 Å². The number of hydrogen-bond acceptors (Lipinski definition) is 2. The van der Waals surface area contributed by atoms with Crippen LogP contribution in [-0.2, 0) is 11.8 Å². The maximum absolute atomic E-state index is 5.63. The molecule has 0 radical (unpaired) electrons. The predicted molar refractivity (Wildman–Crippen MR) is 235 cm³/mol. The van der Waals surface area contributed by atoms with Gasteiger partial charge in [0.2, 0.25) is 0 Å². The number of fused-ring (bicyclic) bond motifs is 10. The molecule has 2 heterocycles. The molecule has 0 bridgehead atoms. The maximum Gasteiger partial charge on any atom is 0.110 e. The Labute approximate surface area is 327 Å². The lowest BCUT2D eigenvalue weighted by Gasteiger charge is -2.33. The second-order valence-electron chi connectivity index (χ2n) is 16.7. The fourth-order valence-corrected chi connectivity index (χ4v) is 10.4. The summed E-state index contributed by atoms with van der Waals surface area (Å²) < 4.78 is 2.56. The minimum atomic E-state index is -0.0517. The van der Waals surface area contributed by atoms with Gasteiger partial charge in [0.25, 0.3) is 0 Å². The maximum atomic E-state index is 5.63. The van der Waals surface area contributed by atoms with Crippen LogP contribution in [0.2, 0.25) is 0 Å². The van der Waals surface area contributed by atoms with Crippen molar-refractivity contribution in [1.82, 2.24) is 9.88 Å². The van der Waals surface area contributed by atoms with E-state index < -0.39 is 0 Å². The number of allylic oxidation sites excluding steroid dienone is 10. The minimum Gasteiger partial charge on any atom is -0.363 e. The molecule has 0 amide bonds. The fourth-order valence-electron chi connectivity index (χ4n) is 10.4. The van der Waals surface area contributed by atoms with Gasteiger partial charge in [0.05, 0.1) is 28.6 Å². The normalized spacial score (nSPS) is 22.5. The van der Waals surface area contributed by atoms with E-state index in [-0.39, 0.29) is 17.4 Å². The van der Waals surface area contributed by atoms with Gasteiger partial charge in [0.1, 0.15) is 5.84 Å². The molecule has 3 nitrogen and oxygen atoms in total. The average Bonchev–Trinajstić information content (AvgIpc) is 3.67. The van der Waals surface area contributed by atoms with Crippen LogP contribution in [0.1, 0.15) is 48.2 Å². The van der Waals surface area contributed by atoms with Crippen LogP contribution in [0.15, 0.2) is 180 Å². The van der Waals surface area contributed by atoms with Crippen molar-refractivity contribution in [1.29, 1.82) is 0 Å². The first-order chi connectivity index (χ1) is 27.5. The number of nitrogens with one attached hydrogen (secondary N) is 1. The summed E-state index contributed by atoms with van der Waals surface area (Å²) in [5, 5.41) is 10.2. The zero-order valence-corrected chi connectivity index (χ0v) is 31.6. The molecule has 3 atom stereocenters. The van der Waals surface area contributed by atoms with E-state index in [9.17, 15) is 0 Å². The van der Waals surface area contributed by atoms with Crippen LogP contribution in [0.3, 0.4) is 0 Å². The van der Waals surface area contributed by atoms with Gasteiger partial charge in [-0.3, -0.25) is 0 Å². The third kappa shape index (κ3) is 4.61. The number of aromatic nitrogens is 1. The molecule has 6 aromatic rings. The molecule has 56 heavy (non-hydrogen) atoms. The largest absolute Gasteiger partial charge is 0.363 e. The molecule has 1 N–H and O–H groups in total. The van der Waals surface area contributed by atoms with Crippen molar-refractivity contribution in [2.75, 3.05) is 0 Å². The predicted octanol–water partition coefficient (Wildman–Crippen LogP) is 12.1. The van der Waals surface area contributed by atoms with Gasteiger partial charge in [0, 0.05) is 39.2 Å². The molecule has 0 saturated heterocycles. The molecule has 5 aliphatic carbocycles. The van der Waals surface area contributed by atoms with E-state index in [1.807, 2.05) is 0 Å². The summed E-state index contributed by atoms with van der Waals surface area (Å²) in [6.45, 7) is 4.74. The Balaban J connectivity index is 1.07. The lowest BCUT2D eigenvalue weighted by atomic mass is 9.78. The summed E-state index contributed by atoms with van der Waals surface area (Å²) in [5.41, 5.74) is 15.5. The Hall–Kier alpha value is -6.45. The quantitative estimate of drug-likeness (QED) is 0.194. The van der Waals surface area contributed by atoms with Gasteiger partial charge in [-0.25, -0.2) is 4.99 Å². The average molecular weight is 720 g/mol. The van der Waals surface area contributed by atoms with E-state index >= 15 is 0 Å². The lowest BCUT2D eigenvalue weighted by Crippen LogP contribution is -2.42. The molecule has 5 aromatic carbocycles. The molecular formula is C53H41N3. The summed E-state index contributed by atoms with van der Waals surface area (Å²) in [6, 6.07) is 36.3. The summed E-state index contributed by atoms with van der Waals surface area (Å²) in [5.74, 6) is 1.59. The van der Waals surface area contributed by atoms with E-state index in [2.05, 4.69) is 188 Å². The highest BCUT2D eigenvalue weighted by Crippen LogP contribution is 2.52. The van der Waals surface area contributed by atoms with Crippen molar-refractivity contribution in [3.05, 3.63) is 202 Å². The Morgan fingerprint density at radius 3 is 2.45 bits per heavy atom. The number of rotatable bonds is 3. The molecule has 1 aliphatic heterocycles. The van der Waals surface area contributed by atoms with Crippen LogP contribution in [0, 0.1) is 11.8 Å². The van der Waals surface area contributed by atoms with Gasteiger partial charge >= 0.3 is 0 Å². The second-order valence-corrected chi connectivity index (χ2v) is 16.7. The minimum absolute atomic E-state index is 0.0503. The number of amidine groups is 1. The summed E-state index contributed by atoms with van der Waals surface area (Å²) in [6.07, 6.45) is 27.2. The van der Waals surface area contributed by atoms with Crippen molar-refractivity contribution in [3.8, 4) is 5.69 Å². The van der Waals surface area contributed by atoms with Gasteiger partial charge in [-0.05, 0) is 92.8 Å². The van der Waals surface area contributed by atoms with Crippen LogP contribution < -0.4 is 5.32 Å². The highest BCUT2D eigenvalue weighted by Gasteiger charge is 2.40. The van der Waals surface area contributed by atoms with Gasteiger partial charge in [0.15, 0.2) is 0 Å². The summed E-state index contributed by atoms with van der Waals surface area (Å²) in [7, 11) is 0. The highest BCUT2D eigenvalue weighted by molar-refractivity contribution is 6.05. The van der Waals surface area contributed by atoms with Gasteiger partial charge < -0.3 is 9.88 Å². The standard InChI is InChI=1S/C53H41N3/c1-53(2)45-21-11-9-19-40(45)41-24-23-37(28-46(41)53)52-54-47-22-12-10-20-42(47)51(55-52)38-25-36-17-7-8-18-39(36)48(31-38)56-49-29-34-15-5-3-13-32(34)26-43(49)44-27-33-14-4-6-16-35(33)30-50(44)56/h3-22,24-26,28-31,33,37,47H,23,27H2,1-2H3,(H,54,55). The van der Waals surface area contributed by atoms with Crippen LogP contribution in [-0.4, -0.2) is 16.4 Å². The van der Waals surface area contributed by atoms with Crippen LogP contribution >= 0.6 is 0 Å². The number of hydrogen-bond donors (Lipinski definition) is 1. The topological polar surface area (TPSA) is 29.3 Å². The van der Waals surface area contributed by atoms with Crippen molar-refractivity contribution >= 4 is 55.6 Å². The summed E-state index contributed by atoms with van der Waals surface area (Å²) in [4.78, 5) is 5.63. The van der Waals surface area contributed by atoms with Gasteiger partial charge in [-0.1, -0.05) is 147 Å². The molecular weight excluding hydrogens is 679 g/mol. The van der Waals surface area contributed by atoms with Crippen LogP contribution in [0.4, 0.5) is 0 Å².